The van der Waals surface area contributed by atoms with Gasteiger partial charge in [0.05, 0.1) is 6.04 Å². The molecular formula is C21H27NO2. The van der Waals surface area contributed by atoms with Crippen LogP contribution in [0.15, 0.2) is 36.4 Å². The molecule has 0 radical (unpaired) electrons. The van der Waals surface area contributed by atoms with Crippen molar-refractivity contribution in [3.05, 3.63) is 64.2 Å². The van der Waals surface area contributed by atoms with Crippen LogP contribution >= 0.6 is 0 Å². The summed E-state index contributed by atoms with van der Waals surface area (Å²) in [4.78, 5) is 12.5. The first-order valence-corrected chi connectivity index (χ1v) is 8.39. The third-order valence-electron chi connectivity index (χ3n) is 4.28. The number of carbonyl (C=O) groups excluding carboxylic acids is 1. The molecule has 1 amide bonds. The minimum Gasteiger partial charge on any atom is -0.481 e. The fourth-order valence-electron chi connectivity index (χ4n) is 2.71. The predicted molar refractivity (Wildman–Crippen MR) is 98.5 cm³/mol. The maximum atomic E-state index is 12.5. The molecule has 24 heavy (non-hydrogen) atoms. The molecule has 0 saturated heterocycles. The summed E-state index contributed by atoms with van der Waals surface area (Å²) in [7, 11) is 0. The first-order chi connectivity index (χ1) is 11.3. The van der Waals surface area contributed by atoms with Crippen molar-refractivity contribution in [2.24, 2.45) is 0 Å². The summed E-state index contributed by atoms with van der Waals surface area (Å²) < 4.78 is 5.87. The lowest BCUT2D eigenvalue weighted by Gasteiger charge is -2.21. The van der Waals surface area contributed by atoms with Crippen LogP contribution < -0.4 is 10.1 Å². The average molecular weight is 325 g/mol. The molecule has 0 aliphatic carbocycles. The van der Waals surface area contributed by atoms with E-state index in [0.717, 1.165) is 22.4 Å². The molecule has 2 aromatic rings. The number of hydrogen-bond acceptors (Lipinski definition) is 2. The molecule has 0 aromatic heterocycles. The molecule has 0 fully saturated rings. The molecule has 0 saturated carbocycles. The van der Waals surface area contributed by atoms with Gasteiger partial charge in [0, 0.05) is 0 Å². The number of benzene rings is 2. The maximum absolute atomic E-state index is 12.5. The lowest BCUT2D eigenvalue weighted by molar-refractivity contribution is -0.127. The zero-order valence-corrected chi connectivity index (χ0v) is 15.4. The van der Waals surface area contributed by atoms with Gasteiger partial charge in [-0.05, 0) is 69.9 Å². The second-order valence-corrected chi connectivity index (χ2v) is 6.62. The van der Waals surface area contributed by atoms with Crippen LogP contribution in [0.2, 0.25) is 0 Å². The second-order valence-electron chi connectivity index (χ2n) is 6.62. The Labute approximate surface area is 145 Å². The summed E-state index contributed by atoms with van der Waals surface area (Å²) >= 11 is 0. The van der Waals surface area contributed by atoms with E-state index in [-0.39, 0.29) is 11.9 Å². The van der Waals surface area contributed by atoms with Crippen molar-refractivity contribution >= 4 is 5.91 Å². The van der Waals surface area contributed by atoms with Crippen molar-refractivity contribution in [3.63, 3.8) is 0 Å². The quantitative estimate of drug-likeness (QED) is 0.875. The number of hydrogen-bond donors (Lipinski definition) is 1. The number of amides is 1. The number of ether oxygens (including phenoxy) is 1. The molecule has 1 N–H and O–H groups in total. The topological polar surface area (TPSA) is 38.3 Å². The van der Waals surface area contributed by atoms with E-state index in [2.05, 4.69) is 37.4 Å². The molecule has 2 atom stereocenters. The van der Waals surface area contributed by atoms with Gasteiger partial charge < -0.3 is 10.1 Å². The van der Waals surface area contributed by atoms with Crippen molar-refractivity contribution in [2.75, 3.05) is 0 Å². The van der Waals surface area contributed by atoms with Crippen molar-refractivity contribution < 1.29 is 9.53 Å². The van der Waals surface area contributed by atoms with E-state index in [1.54, 1.807) is 6.92 Å². The van der Waals surface area contributed by atoms with Gasteiger partial charge in [0.25, 0.3) is 5.91 Å². The number of nitrogens with one attached hydrogen (secondary N) is 1. The molecule has 3 heteroatoms. The Hall–Kier alpha value is -2.29. The maximum Gasteiger partial charge on any atom is 0.261 e. The second kappa shape index (κ2) is 7.52. The monoisotopic (exact) mass is 325 g/mol. The van der Waals surface area contributed by atoms with Crippen LogP contribution in [0, 0.1) is 27.7 Å². The predicted octanol–water partition coefficient (Wildman–Crippen LogP) is 4.56. The fraction of sp³-hybridized carbons (Fsp3) is 0.381. The van der Waals surface area contributed by atoms with E-state index in [0.29, 0.717) is 0 Å². The molecule has 3 nitrogen and oxygen atoms in total. The third kappa shape index (κ3) is 4.38. The van der Waals surface area contributed by atoms with Crippen molar-refractivity contribution in [1.29, 1.82) is 0 Å². The first-order valence-electron chi connectivity index (χ1n) is 8.39. The molecule has 2 unspecified atom stereocenters. The molecular weight excluding hydrogens is 298 g/mol. The van der Waals surface area contributed by atoms with E-state index in [9.17, 15) is 4.79 Å². The summed E-state index contributed by atoms with van der Waals surface area (Å²) in [5.41, 5.74) is 5.66. The summed E-state index contributed by atoms with van der Waals surface area (Å²) in [6, 6.07) is 12.2. The lowest BCUT2D eigenvalue weighted by atomic mass is 10.00. The Kier molecular flexibility index (Phi) is 5.66. The Balaban J connectivity index is 2.05. The SMILES string of the molecule is Cc1ccc(C)c(OC(C)C(=O)NC(C)c2cc(C)ccc2C)c1. The number of rotatable bonds is 5. The van der Waals surface area contributed by atoms with E-state index in [1.807, 2.05) is 39.0 Å². The first kappa shape index (κ1) is 18.1. The zero-order chi connectivity index (χ0) is 17.9. The highest BCUT2D eigenvalue weighted by atomic mass is 16.5. The van der Waals surface area contributed by atoms with Crippen LogP contribution in [0.3, 0.4) is 0 Å². The largest absolute Gasteiger partial charge is 0.481 e. The lowest BCUT2D eigenvalue weighted by Crippen LogP contribution is -2.38. The van der Waals surface area contributed by atoms with E-state index in [4.69, 9.17) is 4.74 Å². The van der Waals surface area contributed by atoms with Crippen LogP contribution in [0.5, 0.6) is 5.75 Å². The molecule has 0 heterocycles. The van der Waals surface area contributed by atoms with Gasteiger partial charge in [-0.15, -0.1) is 0 Å². The van der Waals surface area contributed by atoms with Crippen LogP contribution in [0.1, 0.15) is 47.7 Å². The Morgan fingerprint density at radius 1 is 0.917 bits per heavy atom. The van der Waals surface area contributed by atoms with Crippen molar-refractivity contribution in [2.45, 2.75) is 53.7 Å². The minimum absolute atomic E-state index is 0.0537. The standard InChI is InChI=1S/C21H27NO2/c1-13-7-9-15(3)19(11-13)17(5)22-21(23)18(6)24-20-12-14(2)8-10-16(20)4/h7-12,17-18H,1-6H3,(H,22,23). The van der Waals surface area contributed by atoms with Gasteiger partial charge in [-0.3, -0.25) is 4.79 Å². The smallest absolute Gasteiger partial charge is 0.261 e. The highest BCUT2D eigenvalue weighted by molar-refractivity contribution is 5.81. The van der Waals surface area contributed by atoms with E-state index >= 15 is 0 Å². The summed E-state index contributed by atoms with van der Waals surface area (Å²) in [6.07, 6.45) is -0.543. The normalized spacial score (nSPS) is 13.2. The molecule has 0 spiro atoms. The average Bonchev–Trinajstić information content (AvgIpc) is 2.53. The van der Waals surface area contributed by atoms with Crippen molar-refractivity contribution in [1.82, 2.24) is 5.32 Å². The van der Waals surface area contributed by atoms with Crippen molar-refractivity contribution in [3.8, 4) is 5.75 Å². The van der Waals surface area contributed by atoms with E-state index in [1.165, 1.54) is 11.1 Å². The molecule has 0 bridgehead atoms. The highest BCUT2D eigenvalue weighted by Crippen LogP contribution is 2.22. The summed E-state index contributed by atoms with van der Waals surface area (Å²) in [6.45, 7) is 11.9. The van der Waals surface area contributed by atoms with Gasteiger partial charge >= 0.3 is 0 Å². The third-order valence-corrected chi connectivity index (χ3v) is 4.28. The van der Waals surface area contributed by atoms with E-state index < -0.39 is 6.10 Å². The highest BCUT2D eigenvalue weighted by Gasteiger charge is 2.19. The van der Waals surface area contributed by atoms with Gasteiger partial charge in [0.15, 0.2) is 6.10 Å². The molecule has 2 aromatic carbocycles. The number of carbonyl (C=O) groups is 1. The number of aryl methyl sites for hydroxylation is 4. The van der Waals surface area contributed by atoms with Gasteiger partial charge in [-0.2, -0.15) is 0 Å². The summed E-state index contributed by atoms with van der Waals surface area (Å²) in [5.74, 6) is 0.654. The fourth-order valence-corrected chi connectivity index (χ4v) is 2.71. The zero-order valence-electron chi connectivity index (χ0n) is 15.4. The van der Waals surface area contributed by atoms with Crippen LogP contribution in [0.25, 0.3) is 0 Å². The molecule has 0 aliphatic heterocycles. The summed E-state index contributed by atoms with van der Waals surface area (Å²) in [5, 5.41) is 3.05. The van der Waals surface area contributed by atoms with Crippen LogP contribution in [-0.2, 0) is 4.79 Å². The Morgan fingerprint density at radius 3 is 2.17 bits per heavy atom. The van der Waals surface area contributed by atoms with Gasteiger partial charge in [0.1, 0.15) is 5.75 Å². The Bertz CT molecular complexity index is 737. The minimum atomic E-state index is -0.543. The molecule has 2 rings (SSSR count). The molecule has 128 valence electrons. The Morgan fingerprint density at radius 2 is 1.50 bits per heavy atom. The van der Waals surface area contributed by atoms with Crippen LogP contribution in [0.4, 0.5) is 0 Å². The van der Waals surface area contributed by atoms with Gasteiger partial charge in [-0.1, -0.05) is 35.9 Å². The van der Waals surface area contributed by atoms with Gasteiger partial charge in [-0.25, -0.2) is 0 Å². The van der Waals surface area contributed by atoms with Gasteiger partial charge in [0.2, 0.25) is 0 Å². The van der Waals surface area contributed by atoms with Crippen LogP contribution in [-0.4, -0.2) is 12.0 Å². The molecule has 0 aliphatic rings.